The first-order valence-electron chi connectivity index (χ1n) is 8.36. The number of nitrogens with zero attached hydrogens (tertiary/aromatic N) is 1. The fraction of sp³-hybridized carbons (Fsp3) is 0.250. The van der Waals surface area contributed by atoms with Crippen LogP contribution in [0, 0.1) is 0 Å². The zero-order valence-corrected chi connectivity index (χ0v) is 13.7. The van der Waals surface area contributed by atoms with Crippen LogP contribution in [0.2, 0.25) is 0 Å². The Morgan fingerprint density at radius 1 is 1.25 bits per heavy atom. The molecule has 1 N–H and O–H groups in total. The van der Waals surface area contributed by atoms with Crippen molar-refractivity contribution in [2.75, 3.05) is 29.9 Å². The Bertz CT molecular complexity index is 826. The number of amides is 1. The van der Waals surface area contributed by atoms with Gasteiger partial charge < -0.3 is 15.0 Å². The number of anilines is 2. The van der Waals surface area contributed by atoms with Gasteiger partial charge in [-0.2, -0.15) is 0 Å². The van der Waals surface area contributed by atoms with Crippen LogP contribution in [0.25, 0.3) is 6.08 Å². The van der Waals surface area contributed by atoms with E-state index in [1.165, 1.54) is 11.3 Å². The van der Waals surface area contributed by atoms with E-state index >= 15 is 0 Å². The van der Waals surface area contributed by atoms with E-state index in [1.54, 1.807) is 0 Å². The number of ether oxygens (including phenoxy) is 1. The maximum atomic E-state index is 12.6. The summed E-state index contributed by atoms with van der Waals surface area (Å²) in [6.45, 7) is 4.50. The van der Waals surface area contributed by atoms with Crippen LogP contribution in [0.4, 0.5) is 11.4 Å². The smallest absolute Gasteiger partial charge is 0.255 e. The van der Waals surface area contributed by atoms with Crippen molar-refractivity contribution in [2.24, 2.45) is 0 Å². The first-order chi connectivity index (χ1) is 11.7. The van der Waals surface area contributed by atoms with Crippen molar-refractivity contribution in [1.29, 1.82) is 0 Å². The van der Waals surface area contributed by atoms with Gasteiger partial charge in [0.15, 0.2) is 0 Å². The zero-order valence-electron chi connectivity index (χ0n) is 13.7. The molecule has 24 heavy (non-hydrogen) atoms. The Morgan fingerprint density at radius 2 is 2.12 bits per heavy atom. The van der Waals surface area contributed by atoms with Crippen LogP contribution in [0.3, 0.4) is 0 Å². The molecule has 2 heterocycles. The SMILES string of the molecule is CCN1CCc2ccc(NC(=O)C3=Cc4ccccc4OC3)cc21. The number of fused-ring (bicyclic) bond motifs is 2. The molecule has 4 nitrogen and oxygen atoms in total. The third-order valence-corrected chi connectivity index (χ3v) is 4.64. The molecule has 2 aromatic carbocycles. The lowest BCUT2D eigenvalue weighted by atomic mass is 10.1. The van der Waals surface area contributed by atoms with Gasteiger partial charge in [-0.15, -0.1) is 0 Å². The fourth-order valence-electron chi connectivity index (χ4n) is 3.31. The summed E-state index contributed by atoms with van der Waals surface area (Å²) in [5.74, 6) is 0.718. The summed E-state index contributed by atoms with van der Waals surface area (Å²) >= 11 is 0. The molecule has 1 amide bonds. The predicted octanol–water partition coefficient (Wildman–Crippen LogP) is 3.48. The first-order valence-corrected chi connectivity index (χ1v) is 8.36. The number of nitrogens with one attached hydrogen (secondary N) is 1. The average Bonchev–Trinajstić information content (AvgIpc) is 3.03. The molecular formula is C20H20N2O2. The minimum Gasteiger partial charge on any atom is -0.488 e. The lowest BCUT2D eigenvalue weighted by molar-refractivity contribution is -0.113. The standard InChI is InChI=1S/C20H20N2O2/c1-2-22-10-9-14-7-8-17(12-18(14)22)21-20(23)16-11-15-5-3-4-6-19(15)24-13-16/h3-8,11-12H,2,9-10,13H2,1H3,(H,21,23). The van der Waals surface area contributed by atoms with Gasteiger partial charge in [0.2, 0.25) is 0 Å². The van der Waals surface area contributed by atoms with Crippen molar-refractivity contribution in [3.05, 3.63) is 59.2 Å². The third kappa shape index (κ3) is 2.64. The number of hydrogen-bond acceptors (Lipinski definition) is 3. The molecule has 0 atom stereocenters. The second-order valence-electron chi connectivity index (χ2n) is 6.12. The molecule has 2 aliphatic rings. The molecule has 4 rings (SSSR count). The summed E-state index contributed by atoms with van der Waals surface area (Å²) in [5.41, 5.74) is 5.00. The van der Waals surface area contributed by atoms with E-state index in [0.717, 1.165) is 36.5 Å². The molecule has 0 radical (unpaired) electrons. The molecule has 0 spiro atoms. The van der Waals surface area contributed by atoms with Gasteiger partial charge >= 0.3 is 0 Å². The van der Waals surface area contributed by atoms with Gasteiger partial charge in [0.25, 0.3) is 5.91 Å². The molecule has 2 aromatic rings. The van der Waals surface area contributed by atoms with Crippen molar-refractivity contribution in [3.8, 4) is 5.75 Å². The van der Waals surface area contributed by atoms with Crippen molar-refractivity contribution >= 4 is 23.4 Å². The largest absolute Gasteiger partial charge is 0.488 e. The van der Waals surface area contributed by atoms with Crippen molar-refractivity contribution in [3.63, 3.8) is 0 Å². The normalized spacial score (nSPS) is 15.2. The van der Waals surface area contributed by atoms with Crippen molar-refractivity contribution in [1.82, 2.24) is 0 Å². The average molecular weight is 320 g/mol. The van der Waals surface area contributed by atoms with Crippen LogP contribution >= 0.6 is 0 Å². The Labute approximate surface area is 141 Å². The minimum atomic E-state index is -0.106. The van der Waals surface area contributed by atoms with Gasteiger partial charge in [-0.1, -0.05) is 24.3 Å². The minimum absolute atomic E-state index is 0.106. The Kier molecular flexibility index (Phi) is 3.73. The van der Waals surface area contributed by atoms with Gasteiger partial charge in [0, 0.05) is 30.0 Å². The Balaban J connectivity index is 1.54. The molecule has 4 heteroatoms. The van der Waals surface area contributed by atoms with Crippen molar-refractivity contribution in [2.45, 2.75) is 13.3 Å². The van der Waals surface area contributed by atoms with Gasteiger partial charge in [0.05, 0.1) is 5.57 Å². The molecule has 0 aromatic heterocycles. The number of benzene rings is 2. The molecule has 122 valence electrons. The van der Waals surface area contributed by atoms with Crippen LogP contribution in [0.5, 0.6) is 5.75 Å². The van der Waals surface area contributed by atoms with Crippen molar-refractivity contribution < 1.29 is 9.53 Å². The highest BCUT2D eigenvalue weighted by Crippen LogP contribution is 2.31. The monoisotopic (exact) mass is 320 g/mol. The fourth-order valence-corrected chi connectivity index (χ4v) is 3.31. The highest BCUT2D eigenvalue weighted by atomic mass is 16.5. The molecule has 2 aliphatic heterocycles. The second kappa shape index (κ2) is 6.04. The van der Waals surface area contributed by atoms with Gasteiger partial charge in [-0.05, 0) is 43.2 Å². The Morgan fingerprint density at radius 3 is 3.00 bits per heavy atom. The predicted molar refractivity (Wildman–Crippen MR) is 96.6 cm³/mol. The van der Waals surface area contributed by atoms with E-state index in [1.807, 2.05) is 36.4 Å². The number of carbonyl (C=O) groups excluding carboxylic acids is 1. The molecule has 0 unspecified atom stereocenters. The summed E-state index contributed by atoms with van der Waals surface area (Å²) in [6.07, 6.45) is 2.98. The summed E-state index contributed by atoms with van der Waals surface area (Å²) in [5, 5.41) is 3.00. The van der Waals surface area contributed by atoms with E-state index in [2.05, 4.69) is 29.3 Å². The van der Waals surface area contributed by atoms with Gasteiger partial charge in [-0.3, -0.25) is 4.79 Å². The third-order valence-electron chi connectivity index (χ3n) is 4.64. The number of hydrogen-bond donors (Lipinski definition) is 1. The van der Waals surface area contributed by atoms with E-state index in [4.69, 9.17) is 4.74 Å². The highest BCUT2D eigenvalue weighted by Gasteiger charge is 2.20. The van der Waals surface area contributed by atoms with Crippen LogP contribution in [-0.2, 0) is 11.2 Å². The van der Waals surface area contributed by atoms with Crippen LogP contribution < -0.4 is 15.0 Å². The first kappa shape index (κ1) is 14.8. The molecule has 0 saturated heterocycles. The Hall–Kier alpha value is -2.75. The van der Waals surface area contributed by atoms with E-state index < -0.39 is 0 Å². The summed E-state index contributed by atoms with van der Waals surface area (Å²) in [7, 11) is 0. The zero-order chi connectivity index (χ0) is 16.5. The highest BCUT2D eigenvalue weighted by molar-refractivity contribution is 6.07. The van der Waals surface area contributed by atoms with Crippen LogP contribution in [0.15, 0.2) is 48.0 Å². The van der Waals surface area contributed by atoms with E-state index in [0.29, 0.717) is 12.2 Å². The lowest BCUT2D eigenvalue weighted by Gasteiger charge is -2.19. The molecule has 0 bridgehead atoms. The van der Waals surface area contributed by atoms with E-state index in [9.17, 15) is 4.79 Å². The summed E-state index contributed by atoms with van der Waals surface area (Å²) in [6, 6.07) is 13.9. The quantitative estimate of drug-likeness (QED) is 0.941. The number of carbonyl (C=O) groups is 1. The van der Waals surface area contributed by atoms with Gasteiger partial charge in [-0.25, -0.2) is 0 Å². The molecule has 0 aliphatic carbocycles. The number of rotatable bonds is 3. The number of likely N-dealkylation sites (N-methyl/N-ethyl adjacent to an activating group) is 1. The molecule has 0 fully saturated rings. The second-order valence-corrected chi connectivity index (χ2v) is 6.12. The summed E-state index contributed by atoms with van der Waals surface area (Å²) in [4.78, 5) is 14.9. The lowest BCUT2D eigenvalue weighted by Crippen LogP contribution is -2.22. The van der Waals surface area contributed by atoms with Gasteiger partial charge in [0.1, 0.15) is 12.4 Å². The number of para-hydroxylation sites is 1. The maximum absolute atomic E-state index is 12.6. The maximum Gasteiger partial charge on any atom is 0.255 e. The van der Waals surface area contributed by atoms with Crippen LogP contribution in [0.1, 0.15) is 18.1 Å². The topological polar surface area (TPSA) is 41.6 Å². The summed E-state index contributed by atoms with van der Waals surface area (Å²) < 4.78 is 5.67. The molecular weight excluding hydrogens is 300 g/mol. The molecule has 0 saturated carbocycles. The van der Waals surface area contributed by atoms with E-state index in [-0.39, 0.29) is 5.91 Å². The van der Waals surface area contributed by atoms with Crippen LogP contribution in [-0.4, -0.2) is 25.6 Å².